The van der Waals surface area contributed by atoms with Crippen molar-refractivity contribution in [2.75, 3.05) is 5.88 Å². The van der Waals surface area contributed by atoms with Gasteiger partial charge in [-0.25, -0.2) is 0 Å². The number of hydrogen-bond donors (Lipinski definition) is 1. The zero-order valence-corrected chi connectivity index (χ0v) is 10.2. The van der Waals surface area contributed by atoms with Gasteiger partial charge in [0.05, 0.1) is 0 Å². The lowest BCUT2D eigenvalue weighted by Gasteiger charge is -2.08. The van der Waals surface area contributed by atoms with Crippen LogP contribution in [0.25, 0.3) is 0 Å². The van der Waals surface area contributed by atoms with E-state index in [1.165, 1.54) is 0 Å². The van der Waals surface area contributed by atoms with Crippen molar-refractivity contribution >= 4 is 34.4 Å². The second kappa shape index (κ2) is 5.87. The maximum absolute atomic E-state index is 11.0. The van der Waals surface area contributed by atoms with E-state index in [9.17, 15) is 9.59 Å². The Hall–Kier alpha value is -1.06. The zero-order valence-electron chi connectivity index (χ0n) is 8.72. The molecule has 0 saturated carbocycles. The molecular formula is C11H11Cl2NO2. The van der Waals surface area contributed by atoms with Gasteiger partial charge in [0.2, 0.25) is 5.91 Å². The van der Waals surface area contributed by atoms with Crippen molar-refractivity contribution in [1.29, 1.82) is 0 Å². The maximum Gasteiger partial charge on any atom is 0.252 e. The Morgan fingerprint density at radius 3 is 2.62 bits per heavy atom. The van der Waals surface area contributed by atoms with Gasteiger partial charge >= 0.3 is 0 Å². The number of carbonyl (C=O) groups excluding carboxylic acids is 2. The van der Waals surface area contributed by atoms with Crippen molar-refractivity contribution in [1.82, 2.24) is 5.32 Å². The number of nitrogens with one attached hydrogen (secondary N) is 1. The van der Waals surface area contributed by atoms with Crippen LogP contribution < -0.4 is 5.32 Å². The molecule has 0 bridgehead atoms. The summed E-state index contributed by atoms with van der Waals surface area (Å²) in [5.74, 6) is -0.323. The minimum atomic E-state index is -0.509. The highest BCUT2D eigenvalue weighted by Crippen LogP contribution is 2.12. The first-order valence-corrected chi connectivity index (χ1v) is 5.58. The Kier molecular flexibility index (Phi) is 4.77. The molecule has 0 spiro atoms. The summed E-state index contributed by atoms with van der Waals surface area (Å²) in [7, 11) is 0. The molecule has 5 heteroatoms. The van der Waals surface area contributed by atoms with Crippen LogP contribution in [-0.2, 0) is 11.3 Å². The number of alkyl halides is 1. The summed E-state index contributed by atoms with van der Waals surface area (Å²) in [5, 5.41) is 2.12. The average molecular weight is 260 g/mol. The number of rotatable bonds is 4. The lowest BCUT2D eigenvalue weighted by molar-refractivity contribution is -0.118. The number of carbonyl (C=O) groups is 2. The molecule has 0 aliphatic rings. The fourth-order valence-electron chi connectivity index (χ4n) is 1.23. The van der Waals surface area contributed by atoms with Crippen LogP contribution in [-0.4, -0.2) is 17.0 Å². The Morgan fingerprint density at radius 1 is 1.38 bits per heavy atom. The summed E-state index contributed by atoms with van der Waals surface area (Å²) in [4.78, 5) is 21.9. The average Bonchev–Trinajstić information content (AvgIpc) is 2.27. The van der Waals surface area contributed by atoms with E-state index in [1.54, 1.807) is 18.2 Å². The summed E-state index contributed by atoms with van der Waals surface area (Å²) in [6.07, 6.45) is 0. The number of aryl methyl sites for hydroxylation is 1. The minimum absolute atomic E-state index is 0.0762. The lowest BCUT2D eigenvalue weighted by atomic mass is 10.1. The van der Waals surface area contributed by atoms with E-state index < -0.39 is 5.24 Å². The molecule has 0 aliphatic heterocycles. The van der Waals surface area contributed by atoms with Crippen LogP contribution in [0.2, 0.25) is 0 Å². The van der Waals surface area contributed by atoms with Gasteiger partial charge in [0.25, 0.3) is 5.24 Å². The molecule has 0 unspecified atom stereocenters. The highest BCUT2D eigenvalue weighted by Gasteiger charge is 2.06. The van der Waals surface area contributed by atoms with Crippen LogP contribution in [0.3, 0.4) is 0 Å². The molecule has 0 aliphatic carbocycles. The van der Waals surface area contributed by atoms with Crippen molar-refractivity contribution < 1.29 is 9.59 Å². The van der Waals surface area contributed by atoms with Crippen LogP contribution in [0.15, 0.2) is 18.2 Å². The third-order valence-electron chi connectivity index (χ3n) is 2.17. The largest absolute Gasteiger partial charge is 0.351 e. The molecule has 16 heavy (non-hydrogen) atoms. The van der Waals surface area contributed by atoms with Gasteiger partial charge in [-0.3, -0.25) is 9.59 Å². The van der Waals surface area contributed by atoms with Crippen molar-refractivity contribution in [3.8, 4) is 0 Å². The zero-order chi connectivity index (χ0) is 12.1. The van der Waals surface area contributed by atoms with E-state index in [-0.39, 0.29) is 11.8 Å². The second-order valence-corrected chi connectivity index (χ2v) is 3.94. The highest BCUT2D eigenvalue weighted by atomic mass is 35.5. The molecule has 0 aromatic heterocycles. The molecule has 0 saturated heterocycles. The molecule has 1 rings (SSSR count). The molecule has 3 nitrogen and oxygen atoms in total. The Labute approximate surface area is 104 Å². The fraction of sp³-hybridized carbons (Fsp3) is 0.273. The van der Waals surface area contributed by atoms with E-state index in [4.69, 9.17) is 23.2 Å². The number of benzene rings is 1. The van der Waals surface area contributed by atoms with E-state index in [0.29, 0.717) is 12.1 Å². The smallest absolute Gasteiger partial charge is 0.252 e. The first-order valence-electron chi connectivity index (χ1n) is 4.66. The topological polar surface area (TPSA) is 46.2 Å². The first kappa shape index (κ1) is 13.0. The summed E-state index contributed by atoms with van der Waals surface area (Å²) in [5.41, 5.74) is 2.25. The number of hydrogen-bond acceptors (Lipinski definition) is 2. The SMILES string of the molecule is Cc1ccc(C(=O)Cl)cc1CNC(=O)CCl. The van der Waals surface area contributed by atoms with Crippen LogP contribution in [0.4, 0.5) is 0 Å². The van der Waals surface area contributed by atoms with Crippen LogP contribution >= 0.6 is 23.2 Å². The van der Waals surface area contributed by atoms with Crippen LogP contribution in [0, 0.1) is 6.92 Å². The second-order valence-electron chi connectivity index (χ2n) is 3.33. The van der Waals surface area contributed by atoms with E-state index in [2.05, 4.69) is 5.32 Å². The molecule has 0 fully saturated rings. The highest BCUT2D eigenvalue weighted by molar-refractivity contribution is 6.67. The molecule has 1 amide bonds. The van der Waals surface area contributed by atoms with E-state index >= 15 is 0 Å². The number of halogens is 2. The normalized spacial score (nSPS) is 9.94. The summed E-state index contributed by atoms with van der Waals surface area (Å²) in [6.45, 7) is 2.24. The third-order valence-corrected chi connectivity index (χ3v) is 2.63. The summed E-state index contributed by atoms with van der Waals surface area (Å²) in [6, 6.07) is 5.11. The molecule has 1 N–H and O–H groups in total. The van der Waals surface area contributed by atoms with Gasteiger partial charge in [-0.1, -0.05) is 6.07 Å². The van der Waals surface area contributed by atoms with Gasteiger partial charge in [0.1, 0.15) is 5.88 Å². The van der Waals surface area contributed by atoms with Gasteiger partial charge in [0, 0.05) is 12.1 Å². The van der Waals surface area contributed by atoms with Crippen molar-refractivity contribution in [3.63, 3.8) is 0 Å². The Morgan fingerprint density at radius 2 is 2.06 bits per heavy atom. The molecule has 0 heterocycles. The van der Waals surface area contributed by atoms with Gasteiger partial charge in [-0.15, -0.1) is 11.6 Å². The predicted octanol–water partition coefficient (Wildman–Crippen LogP) is 2.23. The fourth-order valence-corrected chi connectivity index (χ4v) is 1.44. The molecule has 1 aromatic rings. The van der Waals surface area contributed by atoms with Crippen molar-refractivity contribution in [2.45, 2.75) is 13.5 Å². The maximum atomic E-state index is 11.0. The molecule has 0 atom stereocenters. The quantitative estimate of drug-likeness (QED) is 0.666. The monoisotopic (exact) mass is 259 g/mol. The van der Waals surface area contributed by atoms with Gasteiger partial charge in [0.15, 0.2) is 0 Å². The lowest BCUT2D eigenvalue weighted by Crippen LogP contribution is -2.24. The summed E-state index contributed by atoms with van der Waals surface area (Å²) < 4.78 is 0. The third kappa shape index (κ3) is 3.51. The minimum Gasteiger partial charge on any atom is -0.351 e. The predicted molar refractivity (Wildman–Crippen MR) is 63.9 cm³/mol. The van der Waals surface area contributed by atoms with Crippen molar-refractivity contribution in [3.05, 3.63) is 34.9 Å². The molecule has 86 valence electrons. The summed E-state index contributed by atoms with van der Waals surface area (Å²) >= 11 is 10.7. The molecule has 0 radical (unpaired) electrons. The van der Waals surface area contributed by atoms with Crippen LogP contribution in [0.1, 0.15) is 21.5 Å². The Bertz CT molecular complexity index is 418. The Balaban J connectivity index is 2.82. The first-order chi connectivity index (χ1) is 7.54. The van der Waals surface area contributed by atoms with Gasteiger partial charge < -0.3 is 5.32 Å². The molecular weight excluding hydrogens is 249 g/mol. The van der Waals surface area contributed by atoms with Gasteiger partial charge in [-0.2, -0.15) is 0 Å². The number of amides is 1. The molecule has 1 aromatic carbocycles. The van der Waals surface area contributed by atoms with Gasteiger partial charge in [-0.05, 0) is 41.8 Å². The van der Waals surface area contributed by atoms with E-state index in [0.717, 1.165) is 11.1 Å². The van der Waals surface area contributed by atoms with Crippen molar-refractivity contribution in [2.24, 2.45) is 0 Å². The van der Waals surface area contributed by atoms with Crippen LogP contribution in [0.5, 0.6) is 0 Å². The van der Waals surface area contributed by atoms with E-state index in [1.807, 2.05) is 6.92 Å². The standard InChI is InChI=1S/C11H11Cl2NO2/c1-7-2-3-8(11(13)16)4-9(7)6-14-10(15)5-12/h2-4H,5-6H2,1H3,(H,14,15).